The van der Waals surface area contributed by atoms with E-state index in [-0.39, 0.29) is 11.9 Å². The Morgan fingerprint density at radius 2 is 1.89 bits per heavy atom. The summed E-state index contributed by atoms with van der Waals surface area (Å²) in [7, 11) is 1.82. The zero-order valence-electron chi connectivity index (χ0n) is 17.7. The van der Waals surface area contributed by atoms with Crippen molar-refractivity contribution in [3.63, 3.8) is 0 Å². The monoisotopic (exact) mass is 370 g/mol. The van der Waals surface area contributed by atoms with Crippen LogP contribution in [0.15, 0.2) is 24.3 Å². The minimum atomic E-state index is -0.0598. The molecule has 2 aromatic rings. The standard InChI is InChI=1S/C22H34N4O/c1-7-26(8-2)13-9-10-18(5)23-22(27)21-15-20(24-25(21)6)19-12-11-16(3)17(4)14-19/h11-12,14-15,18H,7-10,13H2,1-6H3,(H,23,27). The first kappa shape index (κ1) is 21.2. The molecule has 0 saturated carbocycles. The average molecular weight is 371 g/mol. The van der Waals surface area contributed by atoms with Crippen LogP contribution in [0.2, 0.25) is 0 Å². The number of benzene rings is 1. The van der Waals surface area contributed by atoms with Crippen LogP contribution in [0.4, 0.5) is 0 Å². The first-order valence-corrected chi connectivity index (χ1v) is 10.0. The number of hydrogen-bond acceptors (Lipinski definition) is 3. The van der Waals surface area contributed by atoms with Gasteiger partial charge in [0.2, 0.25) is 0 Å². The van der Waals surface area contributed by atoms with Gasteiger partial charge in [-0.25, -0.2) is 0 Å². The first-order chi connectivity index (χ1) is 12.8. The molecule has 0 aliphatic heterocycles. The molecule has 0 fully saturated rings. The van der Waals surface area contributed by atoms with Crippen molar-refractivity contribution in [2.75, 3.05) is 19.6 Å². The van der Waals surface area contributed by atoms with Gasteiger partial charge in [0.15, 0.2) is 0 Å². The zero-order chi connectivity index (χ0) is 20.0. The van der Waals surface area contributed by atoms with Gasteiger partial charge in [0.1, 0.15) is 5.69 Å². The highest BCUT2D eigenvalue weighted by molar-refractivity contribution is 5.93. The normalized spacial score (nSPS) is 12.4. The number of rotatable bonds is 9. The molecule has 0 radical (unpaired) electrons. The molecule has 0 spiro atoms. The molecule has 0 saturated heterocycles. The molecule has 27 heavy (non-hydrogen) atoms. The molecule has 2 rings (SSSR count). The van der Waals surface area contributed by atoms with Gasteiger partial charge in [-0.2, -0.15) is 5.10 Å². The SMILES string of the molecule is CCN(CC)CCCC(C)NC(=O)c1cc(-c2ccc(C)c(C)c2)nn1C. The summed E-state index contributed by atoms with van der Waals surface area (Å²) < 4.78 is 1.67. The second kappa shape index (κ2) is 9.70. The number of carbonyl (C=O) groups is 1. The topological polar surface area (TPSA) is 50.2 Å². The van der Waals surface area contributed by atoms with Crippen LogP contribution in [0.1, 0.15) is 55.2 Å². The number of aryl methyl sites for hydroxylation is 3. The minimum absolute atomic E-state index is 0.0598. The van der Waals surface area contributed by atoms with Crippen LogP contribution in [-0.4, -0.2) is 46.3 Å². The fourth-order valence-corrected chi connectivity index (χ4v) is 3.25. The van der Waals surface area contributed by atoms with Gasteiger partial charge in [-0.15, -0.1) is 0 Å². The van der Waals surface area contributed by atoms with E-state index in [1.165, 1.54) is 11.1 Å². The third kappa shape index (κ3) is 5.67. The molecular weight excluding hydrogens is 336 g/mol. The number of nitrogens with zero attached hydrogens (tertiary/aromatic N) is 3. The summed E-state index contributed by atoms with van der Waals surface area (Å²) in [5.74, 6) is -0.0598. The lowest BCUT2D eigenvalue weighted by molar-refractivity contribution is 0.0927. The number of nitrogens with one attached hydrogen (secondary N) is 1. The molecule has 1 amide bonds. The van der Waals surface area contributed by atoms with E-state index in [2.05, 4.69) is 68.1 Å². The maximum Gasteiger partial charge on any atom is 0.269 e. The molecule has 0 aliphatic rings. The lowest BCUT2D eigenvalue weighted by atomic mass is 10.0. The minimum Gasteiger partial charge on any atom is -0.348 e. The molecule has 5 nitrogen and oxygen atoms in total. The number of carbonyl (C=O) groups excluding carboxylic acids is 1. The highest BCUT2D eigenvalue weighted by Crippen LogP contribution is 2.22. The smallest absolute Gasteiger partial charge is 0.269 e. The third-order valence-corrected chi connectivity index (χ3v) is 5.30. The van der Waals surface area contributed by atoms with Crippen molar-refractivity contribution in [3.05, 3.63) is 41.1 Å². The molecule has 1 aromatic heterocycles. The maximum atomic E-state index is 12.7. The highest BCUT2D eigenvalue weighted by atomic mass is 16.2. The molecule has 1 unspecified atom stereocenters. The highest BCUT2D eigenvalue weighted by Gasteiger charge is 2.16. The van der Waals surface area contributed by atoms with Crippen molar-refractivity contribution >= 4 is 5.91 Å². The molecule has 1 atom stereocenters. The van der Waals surface area contributed by atoms with Crippen molar-refractivity contribution in [2.24, 2.45) is 7.05 Å². The van der Waals surface area contributed by atoms with Crippen LogP contribution in [0.5, 0.6) is 0 Å². The van der Waals surface area contributed by atoms with Gasteiger partial charge in [-0.3, -0.25) is 9.48 Å². The molecular formula is C22H34N4O. The van der Waals surface area contributed by atoms with Gasteiger partial charge in [0.25, 0.3) is 5.91 Å². The van der Waals surface area contributed by atoms with Crippen molar-refractivity contribution in [2.45, 2.75) is 53.5 Å². The van der Waals surface area contributed by atoms with E-state index in [4.69, 9.17) is 0 Å². The second-order valence-corrected chi connectivity index (χ2v) is 7.38. The number of aromatic nitrogens is 2. The van der Waals surface area contributed by atoms with E-state index in [0.717, 1.165) is 43.7 Å². The largest absolute Gasteiger partial charge is 0.348 e. The quantitative estimate of drug-likeness (QED) is 0.727. The Hall–Kier alpha value is -2.14. The molecule has 1 aromatic carbocycles. The van der Waals surface area contributed by atoms with Crippen LogP contribution < -0.4 is 5.32 Å². The fourth-order valence-electron chi connectivity index (χ4n) is 3.25. The molecule has 5 heteroatoms. The zero-order valence-corrected chi connectivity index (χ0v) is 17.7. The van der Waals surface area contributed by atoms with Crippen molar-refractivity contribution in [1.29, 1.82) is 0 Å². The van der Waals surface area contributed by atoms with E-state index in [0.29, 0.717) is 5.69 Å². The Balaban J connectivity index is 1.98. The van der Waals surface area contributed by atoms with Crippen LogP contribution in [-0.2, 0) is 7.05 Å². The number of amides is 1. The molecule has 148 valence electrons. The Morgan fingerprint density at radius 1 is 1.19 bits per heavy atom. The summed E-state index contributed by atoms with van der Waals surface area (Å²) in [6.45, 7) is 13.9. The van der Waals surface area contributed by atoms with Gasteiger partial charge >= 0.3 is 0 Å². The predicted molar refractivity (Wildman–Crippen MR) is 112 cm³/mol. The second-order valence-electron chi connectivity index (χ2n) is 7.38. The van der Waals surface area contributed by atoms with Crippen molar-refractivity contribution in [1.82, 2.24) is 20.0 Å². The lowest BCUT2D eigenvalue weighted by Crippen LogP contribution is -2.34. The lowest BCUT2D eigenvalue weighted by Gasteiger charge is -2.19. The summed E-state index contributed by atoms with van der Waals surface area (Å²) in [6, 6.07) is 8.30. The third-order valence-electron chi connectivity index (χ3n) is 5.30. The Labute approximate surface area is 163 Å². The summed E-state index contributed by atoms with van der Waals surface area (Å²) in [5, 5.41) is 7.65. The van der Waals surface area contributed by atoms with Crippen molar-refractivity contribution < 1.29 is 4.79 Å². The van der Waals surface area contributed by atoms with Gasteiger partial charge in [-0.05, 0) is 76.5 Å². The predicted octanol–water partition coefficient (Wildman–Crippen LogP) is 3.94. The number of hydrogen-bond donors (Lipinski definition) is 1. The Kier molecular flexibility index (Phi) is 7.60. The molecule has 0 aliphatic carbocycles. The van der Waals surface area contributed by atoms with Gasteiger partial charge in [0, 0.05) is 18.7 Å². The summed E-state index contributed by atoms with van der Waals surface area (Å²) in [6.07, 6.45) is 2.06. The van der Waals surface area contributed by atoms with Crippen LogP contribution in [0.3, 0.4) is 0 Å². The average Bonchev–Trinajstić information content (AvgIpc) is 3.03. The first-order valence-electron chi connectivity index (χ1n) is 10.0. The van der Waals surface area contributed by atoms with Crippen LogP contribution in [0.25, 0.3) is 11.3 Å². The molecule has 1 heterocycles. The van der Waals surface area contributed by atoms with Gasteiger partial charge < -0.3 is 10.2 Å². The van der Waals surface area contributed by atoms with Crippen LogP contribution in [0, 0.1) is 13.8 Å². The molecule has 1 N–H and O–H groups in total. The summed E-state index contributed by atoms with van der Waals surface area (Å²) in [4.78, 5) is 15.1. The summed E-state index contributed by atoms with van der Waals surface area (Å²) in [5.41, 5.74) is 4.95. The Bertz CT molecular complexity index is 762. The van der Waals surface area contributed by atoms with Crippen molar-refractivity contribution in [3.8, 4) is 11.3 Å². The van der Waals surface area contributed by atoms with E-state index < -0.39 is 0 Å². The Morgan fingerprint density at radius 3 is 2.52 bits per heavy atom. The maximum absolute atomic E-state index is 12.7. The van der Waals surface area contributed by atoms with E-state index in [1.54, 1.807) is 4.68 Å². The van der Waals surface area contributed by atoms with Gasteiger partial charge in [-0.1, -0.05) is 26.0 Å². The van der Waals surface area contributed by atoms with Gasteiger partial charge in [0.05, 0.1) is 5.69 Å². The van der Waals surface area contributed by atoms with E-state index in [9.17, 15) is 4.79 Å². The van der Waals surface area contributed by atoms with Crippen LogP contribution >= 0.6 is 0 Å². The molecule has 0 bridgehead atoms. The fraction of sp³-hybridized carbons (Fsp3) is 0.545. The van der Waals surface area contributed by atoms with E-state index in [1.807, 2.05) is 13.1 Å². The summed E-state index contributed by atoms with van der Waals surface area (Å²) >= 11 is 0. The van der Waals surface area contributed by atoms with E-state index >= 15 is 0 Å².